The number of fused-ring (bicyclic) bond motifs is 3. The van der Waals surface area contributed by atoms with E-state index in [1.165, 1.54) is 41.5 Å². The lowest BCUT2D eigenvalue weighted by molar-refractivity contribution is 0.337. The van der Waals surface area contributed by atoms with E-state index in [9.17, 15) is 0 Å². The van der Waals surface area contributed by atoms with Crippen molar-refractivity contribution in [2.75, 3.05) is 14.2 Å². The number of hydrogen-bond donors (Lipinski definition) is 0. The van der Waals surface area contributed by atoms with Crippen LogP contribution in [0.2, 0.25) is 0 Å². The molecule has 1 atom stereocenters. The highest BCUT2D eigenvalue weighted by Gasteiger charge is 2.44. The Morgan fingerprint density at radius 3 is 2.58 bits per heavy atom. The Morgan fingerprint density at radius 1 is 0.958 bits per heavy atom. The average Bonchev–Trinajstić information content (AvgIpc) is 2.96. The standard InChI is InChI=1S/C22H24O2/c1-23-20-11-4-3-8-16(20)14-22-13-6-5-10-19(22)17-9-7-12-21(24-2)18(17)15-22/h3-4,7-12H,5-6,13-15H2,1-2H3/t22-/m1/s1. The average molecular weight is 320 g/mol. The zero-order chi connectivity index (χ0) is 16.6. The van der Waals surface area contributed by atoms with Gasteiger partial charge in [-0.3, -0.25) is 0 Å². The molecule has 0 radical (unpaired) electrons. The second-order valence-electron chi connectivity index (χ2n) is 6.94. The van der Waals surface area contributed by atoms with Gasteiger partial charge in [-0.25, -0.2) is 0 Å². The van der Waals surface area contributed by atoms with Crippen LogP contribution in [0.3, 0.4) is 0 Å². The Labute approximate surface area is 144 Å². The quantitative estimate of drug-likeness (QED) is 0.784. The van der Waals surface area contributed by atoms with Crippen LogP contribution >= 0.6 is 0 Å². The molecule has 0 spiro atoms. The summed E-state index contributed by atoms with van der Waals surface area (Å²) < 4.78 is 11.3. The summed E-state index contributed by atoms with van der Waals surface area (Å²) in [5, 5.41) is 0. The summed E-state index contributed by atoms with van der Waals surface area (Å²) in [6.45, 7) is 0. The highest BCUT2D eigenvalue weighted by molar-refractivity contribution is 5.80. The van der Waals surface area contributed by atoms with Gasteiger partial charge in [-0.15, -0.1) is 0 Å². The monoisotopic (exact) mass is 320 g/mol. The molecule has 24 heavy (non-hydrogen) atoms. The van der Waals surface area contributed by atoms with Crippen molar-refractivity contribution in [1.29, 1.82) is 0 Å². The molecule has 0 aromatic heterocycles. The largest absolute Gasteiger partial charge is 0.496 e. The Bertz CT molecular complexity index is 790. The van der Waals surface area contributed by atoms with Gasteiger partial charge in [0.2, 0.25) is 0 Å². The summed E-state index contributed by atoms with van der Waals surface area (Å²) in [7, 11) is 3.54. The van der Waals surface area contributed by atoms with Crippen LogP contribution in [0.5, 0.6) is 11.5 Å². The molecule has 0 aliphatic heterocycles. The number of para-hydroxylation sites is 1. The first kappa shape index (κ1) is 15.3. The summed E-state index contributed by atoms with van der Waals surface area (Å²) in [5.74, 6) is 2.03. The number of allylic oxidation sites excluding steroid dienone is 2. The van der Waals surface area contributed by atoms with E-state index in [-0.39, 0.29) is 5.41 Å². The second-order valence-corrected chi connectivity index (χ2v) is 6.94. The fourth-order valence-electron chi connectivity index (χ4n) is 4.61. The van der Waals surface area contributed by atoms with Crippen molar-refractivity contribution in [2.45, 2.75) is 32.1 Å². The number of methoxy groups -OCH3 is 2. The molecule has 2 heteroatoms. The Kier molecular flexibility index (Phi) is 3.84. The molecule has 0 bridgehead atoms. The highest BCUT2D eigenvalue weighted by atomic mass is 16.5. The normalized spacial score (nSPS) is 21.7. The fourth-order valence-corrected chi connectivity index (χ4v) is 4.61. The first-order chi connectivity index (χ1) is 11.8. The second kappa shape index (κ2) is 6.01. The SMILES string of the molecule is COc1ccccc1C[C@@]12CCCC=C1c1cccc(OC)c1C2. The first-order valence-electron chi connectivity index (χ1n) is 8.76. The zero-order valence-electron chi connectivity index (χ0n) is 14.5. The molecule has 2 aromatic carbocycles. The first-order valence-corrected chi connectivity index (χ1v) is 8.76. The third-order valence-corrected chi connectivity index (χ3v) is 5.66. The predicted molar refractivity (Wildman–Crippen MR) is 97.7 cm³/mol. The van der Waals surface area contributed by atoms with Crippen LogP contribution in [0, 0.1) is 5.41 Å². The number of ether oxygens (including phenoxy) is 2. The molecule has 0 fully saturated rings. The van der Waals surface area contributed by atoms with E-state index in [1.807, 2.05) is 6.07 Å². The molecule has 4 rings (SSSR count). The zero-order valence-corrected chi connectivity index (χ0v) is 14.5. The minimum absolute atomic E-state index is 0.184. The molecule has 2 nitrogen and oxygen atoms in total. The van der Waals surface area contributed by atoms with Crippen molar-refractivity contribution in [3.8, 4) is 11.5 Å². The topological polar surface area (TPSA) is 18.5 Å². The molecule has 0 N–H and O–H groups in total. The molecule has 2 aliphatic rings. The highest BCUT2D eigenvalue weighted by Crippen LogP contribution is 2.56. The molecule has 0 heterocycles. The molecule has 2 aromatic rings. The third kappa shape index (κ3) is 2.32. The maximum absolute atomic E-state index is 5.65. The van der Waals surface area contributed by atoms with E-state index in [4.69, 9.17) is 9.47 Å². The van der Waals surface area contributed by atoms with E-state index >= 15 is 0 Å². The summed E-state index contributed by atoms with van der Waals surface area (Å²) in [6, 6.07) is 14.9. The molecular formula is C22H24O2. The molecule has 0 saturated carbocycles. The number of hydrogen-bond acceptors (Lipinski definition) is 2. The third-order valence-electron chi connectivity index (χ3n) is 5.66. The molecule has 124 valence electrons. The summed E-state index contributed by atoms with van der Waals surface area (Å²) >= 11 is 0. The van der Waals surface area contributed by atoms with Crippen LogP contribution in [-0.2, 0) is 12.8 Å². The Morgan fingerprint density at radius 2 is 1.75 bits per heavy atom. The van der Waals surface area contributed by atoms with Gasteiger partial charge in [-0.1, -0.05) is 36.4 Å². The molecule has 2 aliphatic carbocycles. The van der Waals surface area contributed by atoms with Gasteiger partial charge >= 0.3 is 0 Å². The van der Waals surface area contributed by atoms with Gasteiger partial charge in [-0.2, -0.15) is 0 Å². The van der Waals surface area contributed by atoms with Crippen LogP contribution in [-0.4, -0.2) is 14.2 Å². The Hall–Kier alpha value is -2.22. The van der Waals surface area contributed by atoms with Crippen molar-refractivity contribution >= 4 is 5.57 Å². The van der Waals surface area contributed by atoms with Crippen LogP contribution in [0.1, 0.15) is 36.0 Å². The lowest BCUT2D eigenvalue weighted by Crippen LogP contribution is -2.26. The van der Waals surface area contributed by atoms with Gasteiger partial charge < -0.3 is 9.47 Å². The maximum atomic E-state index is 5.65. The molecule has 0 unspecified atom stereocenters. The van der Waals surface area contributed by atoms with Crippen LogP contribution in [0.25, 0.3) is 5.57 Å². The van der Waals surface area contributed by atoms with E-state index in [1.54, 1.807) is 14.2 Å². The van der Waals surface area contributed by atoms with Crippen molar-refractivity contribution in [1.82, 2.24) is 0 Å². The summed E-state index contributed by atoms with van der Waals surface area (Å²) in [4.78, 5) is 0. The summed E-state index contributed by atoms with van der Waals surface area (Å²) in [6.07, 6.45) is 8.23. The number of benzene rings is 2. The summed E-state index contributed by atoms with van der Waals surface area (Å²) in [5.41, 5.74) is 5.78. The number of rotatable bonds is 4. The van der Waals surface area contributed by atoms with E-state index < -0.39 is 0 Å². The lowest BCUT2D eigenvalue weighted by atomic mass is 9.69. The van der Waals surface area contributed by atoms with Gasteiger partial charge in [-0.05, 0) is 60.9 Å². The van der Waals surface area contributed by atoms with Gasteiger partial charge in [0, 0.05) is 11.0 Å². The minimum Gasteiger partial charge on any atom is -0.496 e. The molecule has 0 saturated heterocycles. The van der Waals surface area contributed by atoms with Crippen LogP contribution in [0.4, 0.5) is 0 Å². The molecule has 0 amide bonds. The Balaban J connectivity index is 1.79. The van der Waals surface area contributed by atoms with Gasteiger partial charge in [0.25, 0.3) is 0 Å². The van der Waals surface area contributed by atoms with E-state index in [0.29, 0.717) is 0 Å². The van der Waals surface area contributed by atoms with E-state index in [0.717, 1.165) is 24.3 Å². The maximum Gasteiger partial charge on any atom is 0.122 e. The van der Waals surface area contributed by atoms with Gasteiger partial charge in [0.1, 0.15) is 11.5 Å². The lowest BCUT2D eigenvalue weighted by Gasteiger charge is -2.35. The smallest absolute Gasteiger partial charge is 0.122 e. The van der Waals surface area contributed by atoms with Crippen molar-refractivity contribution in [3.05, 3.63) is 65.2 Å². The van der Waals surface area contributed by atoms with Crippen molar-refractivity contribution in [3.63, 3.8) is 0 Å². The van der Waals surface area contributed by atoms with Crippen LogP contribution < -0.4 is 9.47 Å². The van der Waals surface area contributed by atoms with Crippen molar-refractivity contribution < 1.29 is 9.47 Å². The minimum atomic E-state index is 0.184. The van der Waals surface area contributed by atoms with Crippen molar-refractivity contribution in [2.24, 2.45) is 5.41 Å². The van der Waals surface area contributed by atoms with Crippen LogP contribution in [0.15, 0.2) is 48.5 Å². The fraction of sp³-hybridized carbons (Fsp3) is 0.364. The van der Waals surface area contributed by atoms with Gasteiger partial charge in [0.05, 0.1) is 14.2 Å². The van der Waals surface area contributed by atoms with Gasteiger partial charge in [0.15, 0.2) is 0 Å². The van der Waals surface area contributed by atoms with E-state index in [2.05, 4.69) is 42.5 Å². The molecular weight excluding hydrogens is 296 g/mol. The predicted octanol–water partition coefficient (Wildman–Crippen LogP) is 5.06.